The Morgan fingerprint density at radius 1 is 0.889 bits per heavy atom. The lowest BCUT2D eigenvalue weighted by atomic mass is 10.1. The first-order valence-electron chi connectivity index (χ1n) is 10.8. The molecule has 1 saturated carbocycles. The minimum Gasteiger partial charge on any atom is -0.481 e. The molecule has 0 saturated heterocycles. The number of aliphatic carboxylic acids is 4. The van der Waals surface area contributed by atoms with Gasteiger partial charge in [-0.05, 0) is 38.2 Å². The number of carboxylic acid groups (broad SMARTS) is 4. The van der Waals surface area contributed by atoms with E-state index >= 15 is 0 Å². The van der Waals surface area contributed by atoms with Crippen LogP contribution in [-0.2, 0) is 25.6 Å². The summed E-state index contributed by atoms with van der Waals surface area (Å²) < 4.78 is 0. The fourth-order valence-corrected chi connectivity index (χ4v) is 2.42. The summed E-state index contributed by atoms with van der Waals surface area (Å²) in [5.74, 6) is -4.38. The first-order chi connectivity index (χ1) is 16.6. The van der Waals surface area contributed by atoms with Crippen LogP contribution < -0.4 is 17.2 Å². The lowest BCUT2D eigenvalue weighted by Crippen LogP contribution is -2.39. The number of rotatable bonds is 8. The predicted molar refractivity (Wildman–Crippen MR) is 127 cm³/mol. The summed E-state index contributed by atoms with van der Waals surface area (Å²) in [5, 5.41) is 58.3. The molecule has 0 spiro atoms. The molecule has 1 aromatic carbocycles. The summed E-state index contributed by atoms with van der Waals surface area (Å²) in [5.41, 5.74) is 16.0. The zero-order chi connectivity index (χ0) is 28.4. The molecule has 14 heteroatoms. The minimum absolute atomic E-state index is 0.292. The number of aliphatic hydroxyl groups excluding tert-OH is 3. The fraction of sp³-hybridized carbons (Fsp3) is 0.545. The molecule has 14 nitrogen and oxygen atoms in total. The van der Waals surface area contributed by atoms with E-state index < -0.39 is 54.7 Å². The lowest BCUT2D eigenvalue weighted by Gasteiger charge is -2.06. The van der Waals surface area contributed by atoms with Crippen molar-refractivity contribution in [2.45, 2.75) is 62.9 Å². The highest BCUT2D eigenvalue weighted by Gasteiger charge is 2.27. The second-order valence-corrected chi connectivity index (χ2v) is 7.87. The van der Waals surface area contributed by atoms with Crippen LogP contribution in [0, 0.1) is 5.92 Å². The van der Waals surface area contributed by atoms with Gasteiger partial charge in [-0.1, -0.05) is 30.3 Å². The van der Waals surface area contributed by atoms with Crippen molar-refractivity contribution < 1.29 is 54.9 Å². The molecule has 1 fully saturated rings. The second kappa shape index (κ2) is 19.1. The maximum Gasteiger partial charge on any atom is 0.323 e. The van der Waals surface area contributed by atoms with Gasteiger partial charge < -0.3 is 52.9 Å². The molecule has 1 aromatic rings. The number of aliphatic hydroxyl groups is 3. The number of carbonyl (C=O) groups is 4. The van der Waals surface area contributed by atoms with Gasteiger partial charge in [0.1, 0.15) is 18.1 Å². The minimum atomic E-state index is -1.18. The van der Waals surface area contributed by atoms with Crippen molar-refractivity contribution in [3.8, 4) is 0 Å². The van der Waals surface area contributed by atoms with Crippen LogP contribution in [0.5, 0.6) is 0 Å². The lowest BCUT2D eigenvalue weighted by molar-refractivity contribution is -0.142. The molecular formula is C22H37N3O11. The van der Waals surface area contributed by atoms with Gasteiger partial charge in [0.25, 0.3) is 0 Å². The number of benzene rings is 1. The van der Waals surface area contributed by atoms with Gasteiger partial charge in [-0.25, -0.2) is 0 Å². The van der Waals surface area contributed by atoms with Crippen LogP contribution in [0.25, 0.3) is 0 Å². The zero-order valence-electron chi connectivity index (χ0n) is 19.9. The molecule has 13 N–H and O–H groups in total. The summed E-state index contributed by atoms with van der Waals surface area (Å²) >= 11 is 0. The van der Waals surface area contributed by atoms with E-state index in [2.05, 4.69) is 0 Å². The van der Waals surface area contributed by atoms with Crippen LogP contribution in [0.15, 0.2) is 30.3 Å². The molecular weight excluding hydrogens is 482 g/mol. The van der Waals surface area contributed by atoms with Crippen LogP contribution in [0.2, 0.25) is 0 Å². The molecule has 1 unspecified atom stereocenters. The van der Waals surface area contributed by atoms with Crippen molar-refractivity contribution in [3.05, 3.63) is 35.9 Å². The maximum absolute atomic E-state index is 10.4. The molecule has 36 heavy (non-hydrogen) atoms. The number of carboxylic acids is 4. The van der Waals surface area contributed by atoms with Gasteiger partial charge in [0.15, 0.2) is 0 Å². The van der Waals surface area contributed by atoms with Crippen molar-refractivity contribution in [2.75, 3.05) is 6.61 Å². The largest absolute Gasteiger partial charge is 0.481 e. The highest BCUT2D eigenvalue weighted by molar-refractivity contribution is 5.74. The van der Waals surface area contributed by atoms with Crippen molar-refractivity contribution >= 4 is 23.9 Å². The third kappa shape index (κ3) is 17.3. The Bertz CT molecular complexity index is 793. The standard InChI is InChI=1S/C9H11NO2.C6H10O3.C4H9NO3.C3H7NO3/c10-8(9(11)12)6-7-4-2-1-3-5-7;7-5-2-1-4(3-5)6(8)9;1-2(6)3(5)4(7)8;4-2(1-5)3(6)7/h1-5,8H,6,10H2,(H,11,12);4-5,7H,1-3H2,(H,8,9);2-3,6H,5H2,1H3,(H,7,8);2,5H,1,4H2,(H,6,7)/t8-;4?,5-;2-,3+;2-/m0010/s1. The van der Waals surface area contributed by atoms with Crippen molar-refractivity contribution in [1.29, 1.82) is 0 Å². The van der Waals surface area contributed by atoms with E-state index in [4.69, 9.17) is 52.9 Å². The molecule has 0 bridgehead atoms. The van der Waals surface area contributed by atoms with Crippen LogP contribution in [0.1, 0.15) is 31.7 Å². The summed E-state index contributed by atoms with van der Waals surface area (Å²) in [7, 11) is 0. The molecule has 0 heterocycles. The Morgan fingerprint density at radius 3 is 1.61 bits per heavy atom. The second-order valence-electron chi connectivity index (χ2n) is 7.87. The Labute approximate surface area is 208 Å². The zero-order valence-corrected chi connectivity index (χ0v) is 19.9. The van der Waals surface area contributed by atoms with Gasteiger partial charge in [-0.15, -0.1) is 0 Å². The van der Waals surface area contributed by atoms with Crippen molar-refractivity contribution in [1.82, 2.24) is 0 Å². The Hall–Kier alpha value is -3.14. The molecule has 0 aromatic heterocycles. The van der Waals surface area contributed by atoms with Gasteiger partial charge in [0.2, 0.25) is 0 Å². The van der Waals surface area contributed by atoms with E-state index in [0.29, 0.717) is 25.7 Å². The molecule has 6 atom stereocenters. The number of nitrogens with two attached hydrogens (primary N) is 3. The summed E-state index contributed by atoms with van der Waals surface area (Å²) in [6.07, 6.45) is 0.762. The van der Waals surface area contributed by atoms with E-state index in [1.54, 1.807) is 0 Å². The van der Waals surface area contributed by atoms with Gasteiger partial charge in [0, 0.05) is 0 Å². The first-order valence-corrected chi connectivity index (χ1v) is 10.8. The van der Waals surface area contributed by atoms with E-state index in [1.165, 1.54) is 6.92 Å². The Morgan fingerprint density at radius 2 is 1.39 bits per heavy atom. The smallest absolute Gasteiger partial charge is 0.323 e. The Kier molecular flexibility index (Phi) is 18.6. The third-order valence-electron chi connectivity index (χ3n) is 4.69. The summed E-state index contributed by atoms with van der Waals surface area (Å²) in [4.78, 5) is 40.1. The highest BCUT2D eigenvalue weighted by atomic mass is 16.4. The van der Waals surface area contributed by atoms with Gasteiger partial charge >= 0.3 is 23.9 Å². The Balaban J connectivity index is 0. The monoisotopic (exact) mass is 519 g/mol. The van der Waals surface area contributed by atoms with Crippen LogP contribution >= 0.6 is 0 Å². The van der Waals surface area contributed by atoms with Gasteiger partial charge in [-0.2, -0.15) is 0 Å². The predicted octanol–water partition coefficient (Wildman–Crippen LogP) is -1.96. The topological polar surface area (TPSA) is 288 Å². The van der Waals surface area contributed by atoms with Gasteiger partial charge in [-0.3, -0.25) is 19.2 Å². The summed E-state index contributed by atoms with van der Waals surface area (Å²) in [6, 6.07) is 6.26. The molecule has 1 aliphatic carbocycles. The maximum atomic E-state index is 10.4. The quantitative estimate of drug-likeness (QED) is 0.178. The molecule has 2 rings (SSSR count). The average Bonchev–Trinajstić information content (AvgIpc) is 3.26. The highest BCUT2D eigenvalue weighted by Crippen LogP contribution is 2.24. The van der Waals surface area contributed by atoms with Crippen LogP contribution in [0.3, 0.4) is 0 Å². The molecule has 206 valence electrons. The van der Waals surface area contributed by atoms with E-state index in [9.17, 15) is 19.2 Å². The normalized spacial score (nSPS) is 19.3. The molecule has 1 aliphatic rings. The molecule has 0 aliphatic heterocycles. The average molecular weight is 520 g/mol. The fourth-order valence-electron chi connectivity index (χ4n) is 2.42. The van der Waals surface area contributed by atoms with Crippen LogP contribution in [-0.4, -0.2) is 96.6 Å². The van der Waals surface area contributed by atoms with Crippen molar-refractivity contribution in [3.63, 3.8) is 0 Å². The van der Waals surface area contributed by atoms with Crippen molar-refractivity contribution in [2.24, 2.45) is 23.1 Å². The SMILES string of the molecule is C[C@@H](O)[C@H](N)C(=O)O.N[C@@H](CO)C(=O)O.N[C@@H](Cc1ccccc1)C(=O)O.O=C(O)C1CC[C@H](O)C1. The molecule has 0 radical (unpaired) electrons. The summed E-state index contributed by atoms with van der Waals surface area (Å²) in [6.45, 7) is 0.827. The first kappa shape index (κ1) is 35.0. The number of hydrogen-bond acceptors (Lipinski definition) is 10. The van der Waals surface area contributed by atoms with Crippen LogP contribution in [0.4, 0.5) is 0 Å². The van der Waals surface area contributed by atoms with E-state index in [-0.39, 0.29) is 12.0 Å². The third-order valence-corrected chi connectivity index (χ3v) is 4.69. The van der Waals surface area contributed by atoms with E-state index in [1.807, 2.05) is 30.3 Å². The molecule has 0 amide bonds. The van der Waals surface area contributed by atoms with Gasteiger partial charge in [0.05, 0.1) is 24.7 Å². The number of hydrogen-bond donors (Lipinski definition) is 10. The van der Waals surface area contributed by atoms with E-state index in [0.717, 1.165) is 5.56 Å².